The Morgan fingerprint density at radius 3 is 2.33 bits per heavy atom. The van der Waals surface area contributed by atoms with Gasteiger partial charge in [-0.3, -0.25) is 4.79 Å². The Hall–Kier alpha value is -1.39. The van der Waals surface area contributed by atoms with E-state index in [-0.39, 0.29) is 25.5 Å². The largest absolute Gasteiger partial charge is 0.494 e. The molecule has 2 fully saturated rings. The molecule has 0 aromatic heterocycles. The van der Waals surface area contributed by atoms with Gasteiger partial charge in [0.25, 0.3) is 0 Å². The van der Waals surface area contributed by atoms with Crippen molar-refractivity contribution in [1.29, 1.82) is 0 Å². The highest BCUT2D eigenvalue weighted by molar-refractivity contribution is 7.88. The number of hydrogen-bond acceptors (Lipinski definition) is 5. The Bertz CT molecular complexity index is 950. The number of nitrogens with zero attached hydrogens (tertiary/aromatic N) is 2. The van der Waals surface area contributed by atoms with Crippen LogP contribution >= 0.6 is 11.6 Å². The first kappa shape index (κ1) is 23.3. The molecule has 2 heterocycles. The zero-order valence-electron chi connectivity index (χ0n) is 18.0. The Morgan fingerprint density at radius 2 is 1.80 bits per heavy atom. The van der Waals surface area contributed by atoms with Crippen molar-refractivity contribution in [3.63, 3.8) is 0 Å². The summed E-state index contributed by atoms with van der Waals surface area (Å²) in [7, 11) is -4.02. The molecule has 1 atom stereocenters. The molecular weight excluding hydrogens is 427 g/mol. The number of carbonyl (C=O) groups is 1. The number of amides is 1. The van der Waals surface area contributed by atoms with E-state index in [2.05, 4.69) is 6.58 Å². The van der Waals surface area contributed by atoms with E-state index in [4.69, 9.17) is 20.9 Å². The molecule has 10 heteroatoms. The van der Waals surface area contributed by atoms with E-state index in [1.165, 1.54) is 16.6 Å². The van der Waals surface area contributed by atoms with Gasteiger partial charge >= 0.3 is 7.12 Å². The average Bonchev–Trinajstić information content (AvgIpc) is 2.87. The fourth-order valence-electron chi connectivity index (χ4n) is 3.67. The maximum absolute atomic E-state index is 12.5. The van der Waals surface area contributed by atoms with Crippen molar-refractivity contribution in [3.8, 4) is 0 Å². The number of piperazine rings is 1. The van der Waals surface area contributed by atoms with Crippen LogP contribution in [0.5, 0.6) is 0 Å². The van der Waals surface area contributed by atoms with Gasteiger partial charge in [-0.15, -0.1) is 0 Å². The lowest BCUT2D eigenvalue weighted by Gasteiger charge is -2.40. The number of halogens is 1. The zero-order valence-corrected chi connectivity index (χ0v) is 19.6. The molecule has 0 radical (unpaired) electrons. The molecule has 2 aliphatic heterocycles. The minimum absolute atomic E-state index is 0.140. The zero-order chi connectivity index (χ0) is 22.5. The molecule has 0 saturated carbocycles. The van der Waals surface area contributed by atoms with Gasteiger partial charge in [-0.05, 0) is 56.9 Å². The molecule has 1 aromatic carbocycles. The van der Waals surface area contributed by atoms with Gasteiger partial charge in [0, 0.05) is 24.7 Å². The number of sulfonamides is 1. The second-order valence-corrected chi connectivity index (χ2v) is 11.2. The van der Waals surface area contributed by atoms with Crippen molar-refractivity contribution in [2.45, 2.75) is 44.9 Å². The van der Waals surface area contributed by atoms with Gasteiger partial charge in [0.1, 0.15) is 0 Å². The van der Waals surface area contributed by atoms with Gasteiger partial charge < -0.3 is 14.2 Å². The monoisotopic (exact) mass is 454 g/mol. The SMILES string of the molecule is C=CC(=O)N1CCN(S(C)(=O)=O)C[C@H]1c1cc(Cl)cc(B2OC(C)(C)C(C)(C)O2)c1. The smallest absolute Gasteiger partial charge is 0.399 e. The first-order chi connectivity index (χ1) is 13.7. The summed E-state index contributed by atoms with van der Waals surface area (Å²) in [6.07, 6.45) is 2.41. The lowest BCUT2D eigenvalue weighted by atomic mass is 9.77. The minimum atomic E-state index is -3.40. The van der Waals surface area contributed by atoms with Crippen LogP contribution in [0.15, 0.2) is 30.9 Å². The summed E-state index contributed by atoms with van der Waals surface area (Å²) in [4.78, 5) is 14.1. The Labute approximate surface area is 184 Å². The van der Waals surface area contributed by atoms with Crippen LogP contribution in [-0.4, -0.2) is 67.7 Å². The fraction of sp³-hybridized carbons (Fsp3) is 0.550. The molecule has 30 heavy (non-hydrogen) atoms. The van der Waals surface area contributed by atoms with Crippen molar-refractivity contribution in [3.05, 3.63) is 41.4 Å². The summed E-state index contributed by atoms with van der Waals surface area (Å²) in [6, 6.07) is 4.88. The number of hydrogen-bond donors (Lipinski definition) is 0. The van der Waals surface area contributed by atoms with E-state index in [9.17, 15) is 13.2 Å². The molecule has 0 aliphatic carbocycles. The van der Waals surface area contributed by atoms with Crippen molar-refractivity contribution in [2.24, 2.45) is 0 Å². The standard InChI is InChI=1S/C20H28BClN2O5S/c1-7-18(25)24-9-8-23(30(6,26)27)13-17(24)14-10-15(12-16(22)11-14)21-28-19(2,3)20(4,5)29-21/h7,10-12,17H,1,8-9,13H2,2-6H3/t17-/m0/s1. The van der Waals surface area contributed by atoms with Crippen LogP contribution in [0.4, 0.5) is 0 Å². The summed E-state index contributed by atoms with van der Waals surface area (Å²) in [5.74, 6) is -0.259. The van der Waals surface area contributed by atoms with Gasteiger partial charge in [-0.2, -0.15) is 4.31 Å². The van der Waals surface area contributed by atoms with Crippen LogP contribution < -0.4 is 5.46 Å². The van der Waals surface area contributed by atoms with Gasteiger partial charge in [0.2, 0.25) is 15.9 Å². The third kappa shape index (κ3) is 4.45. The topological polar surface area (TPSA) is 76.2 Å². The lowest BCUT2D eigenvalue weighted by molar-refractivity contribution is -0.130. The Morgan fingerprint density at radius 1 is 1.20 bits per heavy atom. The molecule has 1 aromatic rings. The maximum Gasteiger partial charge on any atom is 0.494 e. The predicted molar refractivity (Wildman–Crippen MR) is 118 cm³/mol. The summed E-state index contributed by atoms with van der Waals surface area (Å²) >= 11 is 6.41. The number of rotatable bonds is 4. The minimum Gasteiger partial charge on any atom is -0.399 e. The van der Waals surface area contributed by atoms with Crippen LogP contribution in [0.3, 0.4) is 0 Å². The summed E-state index contributed by atoms with van der Waals surface area (Å²) < 4.78 is 37.9. The van der Waals surface area contributed by atoms with E-state index in [1.807, 2.05) is 33.8 Å². The molecule has 0 spiro atoms. The van der Waals surface area contributed by atoms with E-state index in [1.54, 1.807) is 17.0 Å². The molecule has 1 amide bonds. The summed E-state index contributed by atoms with van der Waals surface area (Å²) in [5, 5.41) is 0.458. The third-order valence-corrected chi connectivity index (χ3v) is 7.61. The second-order valence-electron chi connectivity index (χ2n) is 8.78. The first-order valence-electron chi connectivity index (χ1n) is 9.79. The van der Waals surface area contributed by atoms with E-state index in [0.717, 1.165) is 11.0 Å². The first-order valence-corrected chi connectivity index (χ1v) is 12.0. The number of benzene rings is 1. The molecule has 0 N–H and O–H groups in total. The van der Waals surface area contributed by atoms with Crippen molar-refractivity contribution in [2.75, 3.05) is 25.9 Å². The second kappa shape index (κ2) is 7.95. The van der Waals surface area contributed by atoms with Crippen LogP contribution in [0.1, 0.15) is 39.3 Å². The van der Waals surface area contributed by atoms with Crippen molar-refractivity contribution in [1.82, 2.24) is 9.21 Å². The van der Waals surface area contributed by atoms with Gasteiger partial charge in [0.15, 0.2) is 0 Å². The van der Waals surface area contributed by atoms with Crippen molar-refractivity contribution < 1.29 is 22.5 Å². The molecule has 164 valence electrons. The molecule has 3 rings (SSSR count). The lowest BCUT2D eigenvalue weighted by Crippen LogP contribution is -2.52. The van der Waals surface area contributed by atoms with Crippen molar-refractivity contribution >= 4 is 40.1 Å². The molecule has 0 bridgehead atoms. The highest BCUT2D eigenvalue weighted by atomic mass is 35.5. The summed E-state index contributed by atoms with van der Waals surface area (Å²) in [6.45, 7) is 12.1. The third-order valence-electron chi connectivity index (χ3n) is 6.12. The maximum atomic E-state index is 12.5. The van der Waals surface area contributed by atoms with E-state index in [0.29, 0.717) is 5.02 Å². The highest BCUT2D eigenvalue weighted by Gasteiger charge is 2.52. The quantitative estimate of drug-likeness (QED) is 0.513. The fourth-order valence-corrected chi connectivity index (χ4v) is 4.75. The highest BCUT2D eigenvalue weighted by Crippen LogP contribution is 2.37. The normalized spacial score (nSPS) is 24.1. The Kier molecular flexibility index (Phi) is 6.17. The van der Waals surface area contributed by atoms with Gasteiger partial charge in [0.05, 0.1) is 23.5 Å². The molecule has 0 unspecified atom stereocenters. The molecule has 2 saturated heterocycles. The predicted octanol–water partition coefficient (Wildman–Crippen LogP) is 1.97. The van der Waals surface area contributed by atoms with Crippen LogP contribution in [0.2, 0.25) is 5.02 Å². The molecule has 7 nitrogen and oxygen atoms in total. The average molecular weight is 455 g/mol. The van der Waals surface area contributed by atoms with E-state index >= 15 is 0 Å². The van der Waals surface area contributed by atoms with Crippen LogP contribution in [-0.2, 0) is 24.1 Å². The van der Waals surface area contributed by atoms with Gasteiger partial charge in [-0.25, -0.2) is 8.42 Å². The molecule has 2 aliphatic rings. The van der Waals surface area contributed by atoms with E-state index < -0.39 is 34.4 Å². The van der Waals surface area contributed by atoms with Gasteiger partial charge in [-0.1, -0.05) is 24.2 Å². The summed E-state index contributed by atoms with van der Waals surface area (Å²) in [5.41, 5.74) is 0.417. The Balaban J connectivity index is 2.00. The van der Waals surface area contributed by atoms with Crippen LogP contribution in [0.25, 0.3) is 0 Å². The number of carbonyl (C=O) groups excluding carboxylic acids is 1. The van der Waals surface area contributed by atoms with Crippen LogP contribution in [0, 0.1) is 0 Å². The molecular formula is C20H28BClN2O5S.